The Bertz CT molecular complexity index is 1190. The van der Waals surface area contributed by atoms with Crippen LogP contribution in [0, 0.1) is 11.6 Å². The summed E-state index contributed by atoms with van der Waals surface area (Å²) in [7, 11) is 0. The number of aliphatic hydroxyl groups excluding tert-OH is 1. The Balaban J connectivity index is 1.62. The SMILES string of the molecule is CCCc1[nH]ccc1C(=O)CCC(=O)N[C@H](Cc1cc(F)cc(F)c1)[C@@H](O)CNCc1cccc(CC)c1. The topological polar surface area (TPSA) is 94.2 Å². The van der Waals surface area contributed by atoms with Gasteiger partial charge in [-0.3, -0.25) is 9.59 Å². The Kier molecular flexibility index (Phi) is 11.2. The highest BCUT2D eigenvalue weighted by molar-refractivity contribution is 5.99. The number of amides is 1. The second kappa shape index (κ2) is 14.5. The number of Topliss-reactive ketones (excluding diaryl/α,β-unsaturated/α-hetero) is 1. The normalized spacial score (nSPS) is 12.8. The first-order valence-corrected chi connectivity index (χ1v) is 13.2. The van der Waals surface area contributed by atoms with Gasteiger partial charge in [0.05, 0.1) is 12.1 Å². The molecule has 0 unspecified atom stereocenters. The van der Waals surface area contributed by atoms with Gasteiger partial charge in [0.1, 0.15) is 11.6 Å². The van der Waals surface area contributed by atoms with E-state index in [-0.39, 0.29) is 31.6 Å². The second-order valence-electron chi connectivity index (χ2n) is 9.57. The predicted molar refractivity (Wildman–Crippen MR) is 144 cm³/mol. The summed E-state index contributed by atoms with van der Waals surface area (Å²) in [4.78, 5) is 28.5. The smallest absolute Gasteiger partial charge is 0.220 e. The van der Waals surface area contributed by atoms with Crippen molar-refractivity contribution < 1.29 is 23.5 Å². The average molecular weight is 526 g/mol. The van der Waals surface area contributed by atoms with Gasteiger partial charge < -0.3 is 20.7 Å². The molecule has 0 saturated heterocycles. The van der Waals surface area contributed by atoms with Crippen molar-refractivity contribution in [2.75, 3.05) is 6.54 Å². The molecule has 0 fully saturated rings. The zero-order chi connectivity index (χ0) is 27.5. The van der Waals surface area contributed by atoms with Crippen molar-refractivity contribution in [3.63, 3.8) is 0 Å². The third kappa shape index (κ3) is 8.89. The summed E-state index contributed by atoms with van der Waals surface area (Å²) < 4.78 is 27.6. The van der Waals surface area contributed by atoms with Crippen LogP contribution in [-0.4, -0.2) is 40.5 Å². The molecule has 0 bridgehead atoms. The number of carbonyl (C=O) groups is 2. The van der Waals surface area contributed by atoms with Crippen molar-refractivity contribution >= 4 is 11.7 Å². The molecule has 1 aromatic heterocycles. The number of carbonyl (C=O) groups excluding carboxylic acids is 2. The van der Waals surface area contributed by atoms with Crippen LogP contribution in [0.15, 0.2) is 54.7 Å². The lowest BCUT2D eigenvalue weighted by Gasteiger charge is -2.25. The van der Waals surface area contributed by atoms with E-state index in [9.17, 15) is 23.5 Å². The number of aryl methyl sites for hydroxylation is 2. The molecule has 0 aliphatic rings. The lowest BCUT2D eigenvalue weighted by atomic mass is 9.99. The Hall–Kier alpha value is -3.36. The molecule has 0 radical (unpaired) electrons. The van der Waals surface area contributed by atoms with Crippen LogP contribution in [0.25, 0.3) is 0 Å². The van der Waals surface area contributed by atoms with Crippen LogP contribution < -0.4 is 10.6 Å². The van der Waals surface area contributed by atoms with Gasteiger partial charge in [0.25, 0.3) is 0 Å². The molecule has 4 N–H and O–H groups in total. The quantitative estimate of drug-likeness (QED) is 0.217. The van der Waals surface area contributed by atoms with Gasteiger partial charge in [0.15, 0.2) is 5.78 Å². The summed E-state index contributed by atoms with van der Waals surface area (Å²) in [6.45, 7) is 4.78. The second-order valence-corrected chi connectivity index (χ2v) is 9.57. The lowest BCUT2D eigenvalue weighted by molar-refractivity contribution is -0.122. The Labute approximate surface area is 222 Å². The van der Waals surface area contributed by atoms with Gasteiger partial charge in [-0.1, -0.05) is 44.5 Å². The molecule has 0 aliphatic carbocycles. The molecule has 2 atom stereocenters. The third-order valence-electron chi connectivity index (χ3n) is 6.48. The summed E-state index contributed by atoms with van der Waals surface area (Å²) >= 11 is 0. The van der Waals surface area contributed by atoms with Gasteiger partial charge in [-0.25, -0.2) is 8.78 Å². The van der Waals surface area contributed by atoms with Crippen LogP contribution in [0.5, 0.6) is 0 Å². The van der Waals surface area contributed by atoms with Crippen molar-refractivity contribution in [1.29, 1.82) is 0 Å². The Morgan fingerprint density at radius 1 is 0.974 bits per heavy atom. The maximum atomic E-state index is 13.8. The predicted octanol–water partition coefficient (Wildman–Crippen LogP) is 4.65. The minimum absolute atomic E-state index is 0.0177. The van der Waals surface area contributed by atoms with Crippen LogP contribution in [-0.2, 0) is 30.6 Å². The Morgan fingerprint density at radius 3 is 2.42 bits per heavy atom. The van der Waals surface area contributed by atoms with Crippen LogP contribution in [0.3, 0.4) is 0 Å². The molecule has 1 heterocycles. The molecule has 6 nitrogen and oxygen atoms in total. The molecule has 0 aliphatic heterocycles. The van der Waals surface area contributed by atoms with Crippen molar-refractivity contribution in [3.8, 4) is 0 Å². The van der Waals surface area contributed by atoms with E-state index < -0.39 is 29.7 Å². The number of halogens is 2. The van der Waals surface area contributed by atoms with Crippen molar-refractivity contribution in [2.45, 2.75) is 71.1 Å². The number of nitrogens with one attached hydrogen (secondary N) is 3. The summed E-state index contributed by atoms with van der Waals surface area (Å²) in [6, 6.07) is 12.2. The minimum atomic E-state index is -1.03. The molecule has 3 rings (SSSR count). The molecule has 38 heavy (non-hydrogen) atoms. The highest BCUT2D eigenvalue weighted by Crippen LogP contribution is 2.15. The fraction of sp³-hybridized carbons (Fsp3) is 0.400. The maximum Gasteiger partial charge on any atom is 0.220 e. The van der Waals surface area contributed by atoms with Crippen LogP contribution in [0.2, 0.25) is 0 Å². The molecule has 3 aromatic rings. The number of benzene rings is 2. The van der Waals surface area contributed by atoms with Crippen molar-refractivity contribution in [2.24, 2.45) is 0 Å². The number of hydrogen-bond acceptors (Lipinski definition) is 4. The summed E-state index contributed by atoms with van der Waals surface area (Å²) in [6.07, 6.45) is 3.22. The number of H-pyrrole nitrogens is 1. The van der Waals surface area contributed by atoms with E-state index >= 15 is 0 Å². The molecular weight excluding hydrogens is 488 g/mol. The van der Waals surface area contributed by atoms with Gasteiger partial charge in [0, 0.05) is 49.5 Å². The molecule has 8 heteroatoms. The molecule has 204 valence electrons. The number of aromatic nitrogens is 1. The number of ketones is 1. The molecule has 1 amide bonds. The molecule has 2 aromatic carbocycles. The number of rotatable bonds is 15. The average Bonchev–Trinajstić information content (AvgIpc) is 3.35. The first kappa shape index (κ1) is 29.2. The van der Waals surface area contributed by atoms with E-state index in [0.717, 1.165) is 36.6 Å². The van der Waals surface area contributed by atoms with Gasteiger partial charge in [-0.2, -0.15) is 0 Å². The van der Waals surface area contributed by atoms with Gasteiger partial charge in [0.2, 0.25) is 5.91 Å². The van der Waals surface area contributed by atoms with E-state index in [1.165, 1.54) is 17.7 Å². The number of aliphatic hydroxyl groups is 1. The first-order chi connectivity index (χ1) is 18.3. The lowest BCUT2D eigenvalue weighted by Crippen LogP contribution is -2.48. The fourth-order valence-electron chi connectivity index (χ4n) is 4.49. The largest absolute Gasteiger partial charge is 0.390 e. The fourth-order valence-corrected chi connectivity index (χ4v) is 4.49. The van der Waals surface area contributed by atoms with Gasteiger partial charge >= 0.3 is 0 Å². The monoisotopic (exact) mass is 525 g/mol. The Morgan fingerprint density at radius 2 is 1.71 bits per heavy atom. The van der Waals surface area contributed by atoms with Crippen LogP contribution in [0.1, 0.15) is 65.9 Å². The first-order valence-electron chi connectivity index (χ1n) is 13.2. The highest BCUT2D eigenvalue weighted by Gasteiger charge is 2.23. The van der Waals surface area contributed by atoms with Gasteiger partial charge in [-0.05, 0) is 54.2 Å². The van der Waals surface area contributed by atoms with E-state index in [0.29, 0.717) is 17.7 Å². The summed E-state index contributed by atoms with van der Waals surface area (Å²) in [5.74, 6) is -2.01. The van der Waals surface area contributed by atoms with E-state index in [4.69, 9.17) is 0 Å². The minimum Gasteiger partial charge on any atom is -0.390 e. The van der Waals surface area contributed by atoms with Gasteiger partial charge in [-0.15, -0.1) is 0 Å². The molecular formula is C30H37F2N3O3. The zero-order valence-electron chi connectivity index (χ0n) is 22.0. The van der Waals surface area contributed by atoms with Crippen molar-refractivity contribution in [3.05, 3.63) is 94.3 Å². The van der Waals surface area contributed by atoms with Crippen LogP contribution in [0.4, 0.5) is 8.78 Å². The van der Waals surface area contributed by atoms with E-state index in [2.05, 4.69) is 28.6 Å². The third-order valence-corrected chi connectivity index (χ3v) is 6.48. The maximum absolute atomic E-state index is 13.8. The van der Waals surface area contributed by atoms with Crippen LogP contribution >= 0.6 is 0 Å². The van der Waals surface area contributed by atoms with E-state index in [1.54, 1.807) is 12.3 Å². The number of hydrogen-bond donors (Lipinski definition) is 4. The molecule has 0 spiro atoms. The summed E-state index contributed by atoms with van der Waals surface area (Å²) in [5, 5.41) is 16.9. The summed E-state index contributed by atoms with van der Waals surface area (Å²) in [5.41, 5.74) is 4.03. The highest BCUT2D eigenvalue weighted by atomic mass is 19.1. The molecule has 0 saturated carbocycles. The zero-order valence-corrected chi connectivity index (χ0v) is 22.0. The van der Waals surface area contributed by atoms with E-state index in [1.807, 2.05) is 25.1 Å². The number of aromatic amines is 1. The standard InChI is InChI=1S/C30H37F2N3O3/c1-3-6-26-25(11-12-34-26)28(36)9-10-30(38)35-27(16-22-14-23(31)17-24(32)15-22)29(37)19-33-18-21-8-5-7-20(4-2)13-21/h5,7-8,11-15,17,27,29,33-34,37H,3-4,6,9-10,16,18-19H2,1-2H3,(H,35,38)/t27-,29+/m1/s1. The van der Waals surface area contributed by atoms with Crippen molar-refractivity contribution in [1.82, 2.24) is 15.6 Å².